The Balaban J connectivity index is 3.16. The third kappa shape index (κ3) is 16.3. The van der Waals surface area contributed by atoms with Gasteiger partial charge in [0, 0.05) is 19.1 Å². The second-order valence-corrected chi connectivity index (χ2v) is 7.04. The largest absolute Gasteiger partial charge is 0.395 e. The lowest BCUT2D eigenvalue weighted by Crippen LogP contribution is -2.38. The number of unbranched alkanes of at least 4 members (excludes halogenated alkanes) is 8. The van der Waals surface area contributed by atoms with Crippen molar-refractivity contribution in [3.8, 4) is 0 Å². The lowest BCUT2D eigenvalue weighted by molar-refractivity contribution is 0.225. The van der Waals surface area contributed by atoms with Crippen molar-refractivity contribution in [3.05, 3.63) is 0 Å². The molecule has 0 spiro atoms. The van der Waals surface area contributed by atoms with Gasteiger partial charge in [-0.2, -0.15) is 0 Å². The maximum absolute atomic E-state index is 9.28. The molecule has 1 atom stereocenters. The molecule has 22 heavy (non-hydrogen) atoms. The highest BCUT2D eigenvalue weighted by molar-refractivity contribution is 4.67. The van der Waals surface area contributed by atoms with Crippen LogP contribution in [0.3, 0.4) is 0 Å². The van der Waals surface area contributed by atoms with Crippen LogP contribution in [0.1, 0.15) is 85.0 Å². The molecule has 0 bridgehead atoms. The molecule has 0 aromatic heterocycles. The quantitative estimate of drug-likeness (QED) is 0.354. The molecule has 0 amide bonds. The molecular formula is C19H42N2O. The van der Waals surface area contributed by atoms with Crippen molar-refractivity contribution >= 4 is 0 Å². The summed E-state index contributed by atoms with van der Waals surface area (Å²) in [6.07, 6.45) is 13.6. The van der Waals surface area contributed by atoms with Gasteiger partial charge in [0.2, 0.25) is 0 Å². The standard InChI is InChI=1S/C19H42N2O/c1-4-5-6-7-8-9-10-11-12-13-20-14-15-21-19(17-22)16-18(2)3/h18-22H,4-17H2,1-3H3/t19-/m0/s1. The Morgan fingerprint density at radius 2 is 1.36 bits per heavy atom. The van der Waals surface area contributed by atoms with Crippen molar-refractivity contribution in [2.75, 3.05) is 26.2 Å². The fourth-order valence-electron chi connectivity index (χ4n) is 2.84. The van der Waals surface area contributed by atoms with Gasteiger partial charge in [0.1, 0.15) is 0 Å². The molecule has 134 valence electrons. The highest BCUT2D eigenvalue weighted by Gasteiger charge is 2.07. The van der Waals surface area contributed by atoms with Gasteiger partial charge in [-0.05, 0) is 25.3 Å². The van der Waals surface area contributed by atoms with Crippen molar-refractivity contribution in [2.45, 2.75) is 91.0 Å². The average Bonchev–Trinajstić information content (AvgIpc) is 2.50. The second-order valence-electron chi connectivity index (χ2n) is 7.04. The summed E-state index contributed by atoms with van der Waals surface area (Å²) in [4.78, 5) is 0. The first kappa shape index (κ1) is 21.9. The summed E-state index contributed by atoms with van der Waals surface area (Å²) in [6.45, 7) is 10.0. The molecule has 0 rings (SSSR count). The van der Waals surface area contributed by atoms with Gasteiger partial charge >= 0.3 is 0 Å². The van der Waals surface area contributed by atoms with Gasteiger partial charge < -0.3 is 15.7 Å². The fourth-order valence-corrected chi connectivity index (χ4v) is 2.84. The van der Waals surface area contributed by atoms with E-state index < -0.39 is 0 Å². The van der Waals surface area contributed by atoms with E-state index in [0.717, 1.165) is 26.1 Å². The molecule has 0 heterocycles. The van der Waals surface area contributed by atoms with E-state index in [1.165, 1.54) is 57.8 Å². The van der Waals surface area contributed by atoms with Crippen molar-refractivity contribution in [1.29, 1.82) is 0 Å². The first-order valence-corrected chi connectivity index (χ1v) is 9.75. The van der Waals surface area contributed by atoms with Gasteiger partial charge in [0.25, 0.3) is 0 Å². The minimum Gasteiger partial charge on any atom is -0.395 e. The molecule has 0 aliphatic rings. The molecule has 0 aromatic rings. The summed E-state index contributed by atoms with van der Waals surface area (Å²) in [5.74, 6) is 0.639. The molecule has 3 heteroatoms. The minimum atomic E-state index is 0.246. The number of aliphatic hydroxyl groups is 1. The zero-order valence-electron chi connectivity index (χ0n) is 15.5. The van der Waals surface area contributed by atoms with Crippen LogP contribution >= 0.6 is 0 Å². The maximum Gasteiger partial charge on any atom is 0.0584 e. The Hall–Kier alpha value is -0.120. The van der Waals surface area contributed by atoms with E-state index in [-0.39, 0.29) is 12.6 Å². The Morgan fingerprint density at radius 1 is 0.773 bits per heavy atom. The Bertz CT molecular complexity index is 210. The predicted octanol–water partition coefficient (Wildman–Crippen LogP) is 4.10. The molecule has 0 radical (unpaired) electrons. The summed E-state index contributed by atoms with van der Waals surface area (Å²) >= 11 is 0. The summed E-state index contributed by atoms with van der Waals surface area (Å²) in [7, 11) is 0. The first-order valence-electron chi connectivity index (χ1n) is 9.75. The summed E-state index contributed by atoms with van der Waals surface area (Å²) in [5, 5.41) is 16.2. The van der Waals surface area contributed by atoms with Crippen LogP contribution < -0.4 is 10.6 Å². The zero-order chi connectivity index (χ0) is 16.5. The van der Waals surface area contributed by atoms with Gasteiger partial charge in [0.05, 0.1) is 6.61 Å². The van der Waals surface area contributed by atoms with Gasteiger partial charge in [-0.3, -0.25) is 0 Å². The highest BCUT2D eigenvalue weighted by atomic mass is 16.3. The molecular weight excluding hydrogens is 272 g/mol. The monoisotopic (exact) mass is 314 g/mol. The first-order chi connectivity index (χ1) is 10.7. The van der Waals surface area contributed by atoms with Crippen molar-refractivity contribution in [1.82, 2.24) is 10.6 Å². The number of nitrogens with one attached hydrogen (secondary N) is 2. The molecule has 0 aromatic carbocycles. The summed E-state index contributed by atoms with van der Waals surface area (Å²) in [6, 6.07) is 0.259. The van der Waals surface area contributed by atoms with Gasteiger partial charge in [0.15, 0.2) is 0 Å². The Kier molecular flexibility index (Phi) is 17.1. The van der Waals surface area contributed by atoms with E-state index in [1.807, 2.05) is 0 Å². The normalized spacial score (nSPS) is 13.0. The lowest BCUT2D eigenvalue weighted by atomic mass is 10.0. The van der Waals surface area contributed by atoms with E-state index in [4.69, 9.17) is 0 Å². The van der Waals surface area contributed by atoms with Crippen LogP contribution in [0, 0.1) is 5.92 Å². The SMILES string of the molecule is CCCCCCCCCCCNCCN[C@H](CO)CC(C)C. The van der Waals surface area contributed by atoms with Crippen LogP contribution in [0.2, 0.25) is 0 Å². The molecule has 0 unspecified atom stereocenters. The predicted molar refractivity (Wildman–Crippen MR) is 98.4 cm³/mol. The zero-order valence-corrected chi connectivity index (χ0v) is 15.5. The van der Waals surface area contributed by atoms with Crippen molar-refractivity contribution in [2.24, 2.45) is 5.92 Å². The molecule has 0 fully saturated rings. The summed E-state index contributed by atoms with van der Waals surface area (Å²) in [5.41, 5.74) is 0. The third-order valence-corrected chi connectivity index (χ3v) is 4.17. The molecule has 0 aliphatic carbocycles. The number of rotatable bonds is 17. The van der Waals surface area contributed by atoms with Gasteiger partial charge in [-0.1, -0.05) is 72.1 Å². The fraction of sp³-hybridized carbons (Fsp3) is 1.00. The van der Waals surface area contributed by atoms with E-state index in [0.29, 0.717) is 5.92 Å². The smallest absolute Gasteiger partial charge is 0.0584 e. The minimum absolute atomic E-state index is 0.246. The lowest BCUT2D eigenvalue weighted by Gasteiger charge is -2.18. The van der Waals surface area contributed by atoms with Crippen LogP contribution in [0.25, 0.3) is 0 Å². The van der Waals surface area contributed by atoms with Crippen molar-refractivity contribution in [3.63, 3.8) is 0 Å². The number of hydrogen-bond donors (Lipinski definition) is 3. The molecule has 0 saturated heterocycles. The Labute approximate surface area is 139 Å². The average molecular weight is 315 g/mol. The number of aliphatic hydroxyl groups excluding tert-OH is 1. The van der Waals surface area contributed by atoms with Gasteiger partial charge in [-0.15, -0.1) is 0 Å². The highest BCUT2D eigenvalue weighted by Crippen LogP contribution is 2.09. The topological polar surface area (TPSA) is 44.3 Å². The van der Waals surface area contributed by atoms with Crippen LogP contribution in [-0.2, 0) is 0 Å². The molecule has 0 aliphatic heterocycles. The Morgan fingerprint density at radius 3 is 1.91 bits per heavy atom. The molecule has 3 N–H and O–H groups in total. The van der Waals surface area contributed by atoms with Crippen LogP contribution in [-0.4, -0.2) is 37.4 Å². The van der Waals surface area contributed by atoms with Gasteiger partial charge in [-0.25, -0.2) is 0 Å². The van der Waals surface area contributed by atoms with E-state index in [9.17, 15) is 5.11 Å². The molecule has 3 nitrogen and oxygen atoms in total. The van der Waals surface area contributed by atoms with E-state index in [2.05, 4.69) is 31.4 Å². The maximum atomic E-state index is 9.28. The van der Waals surface area contributed by atoms with Crippen LogP contribution in [0.15, 0.2) is 0 Å². The second kappa shape index (κ2) is 17.2. The third-order valence-electron chi connectivity index (χ3n) is 4.17. The van der Waals surface area contributed by atoms with Crippen LogP contribution in [0.5, 0.6) is 0 Å². The van der Waals surface area contributed by atoms with E-state index in [1.54, 1.807) is 0 Å². The van der Waals surface area contributed by atoms with Crippen molar-refractivity contribution < 1.29 is 5.11 Å². The molecule has 0 saturated carbocycles. The number of hydrogen-bond acceptors (Lipinski definition) is 3. The van der Waals surface area contributed by atoms with E-state index >= 15 is 0 Å². The summed E-state index contributed by atoms with van der Waals surface area (Å²) < 4.78 is 0. The van der Waals surface area contributed by atoms with Crippen LogP contribution in [0.4, 0.5) is 0 Å².